The smallest absolute Gasteiger partial charge is 0.0540 e. The minimum atomic E-state index is 0.253. The first-order chi connectivity index (χ1) is 7.06. The highest BCUT2D eigenvalue weighted by Crippen LogP contribution is 2.29. The standard InChI is InChI=1S/C14H22N/c1-4-5-6-11-14(2,3)12-7-9-13(15)10-8-12/h7-10,15H,4-6,11H2,1-3H3. The minimum Gasteiger partial charge on any atom is -0.301 e. The van der Waals surface area contributed by atoms with Crippen molar-refractivity contribution < 1.29 is 0 Å². The van der Waals surface area contributed by atoms with Crippen LogP contribution in [-0.2, 0) is 5.41 Å². The molecule has 1 nitrogen and oxygen atoms in total. The van der Waals surface area contributed by atoms with E-state index in [0.717, 1.165) is 0 Å². The lowest BCUT2D eigenvalue weighted by atomic mass is 9.80. The van der Waals surface area contributed by atoms with E-state index in [0.29, 0.717) is 5.69 Å². The number of benzene rings is 1. The van der Waals surface area contributed by atoms with Crippen molar-refractivity contribution >= 4 is 5.69 Å². The van der Waals surface area contributed by atoms with Gasteiger partial charge in [0.05, 0.1) is 5.69 Å². The SMILES string of the molecule is CCCCCC(C)(C)c1ccc([NH])cc1. The summed E-state index contributed by atoms with van der Waals surface area (Å²) < 4.78 is 0. The lowest BCUT2D eigenvalue weighted by Gasteiger charge is -2.25. The molecule has 0 saturated heterocycles. The van der Waals surface area contributed by atoms with E-state index in [1.54, 1.807) is 0 Å². The van der Waals surface area contributed by atoms with E-state index in [2.05, 4.69) is 32.9 Å². The van der Waals surface area contributed by atoms with Crippen LogP contribution in [0, 0.1) is 0 Å². The maximum Gasteiger partial charge on any atom is 0.0540 e. The summed E-state index contributed by atoms with van der Waals surface area (Å²) in [4.78, 5) is 0. The molecule has 1 rings (SSSR count). The molecule has 1 radical (unpaired) electrons. The quantitative estimate of drug-likeness (QED) is 0.632. The molecule has 1 heteroatoms. The van der Waals surface area contributed by atoms with Crippen molar-refractivity contribution in [2.75, 3.05) is 0 Å². The van der Waals surface area contributed by atoms with Crippen molar-refractivity contribution in [1.82, 2.24) is 5.73 Å². The Balaban J connectivity index is 2.63. The summed E-state index contributed by atoms with van der Waals surface area (Å²) in [5.74, 6) is 0. The third kappa shape index (κ3) is 3.58. The Kier molecular flexibility index (Phi) is 4.19. The monoisotopic (exact) mass is 204 g/mol. The Labute approximate surface area is 93.7 Å². The highest BCUT2D eigenvalue weighted by atomic mass is 14.5. The number of hydrogen-bond acceptors (Lipinski definition) is 0. The summed E-state index contributed by atoms with van der Waals surface area (Å²) in [5.41, 5.74) is 9.67. The summed E-state index contributed by atoms with van der Waals surface area (Å²) in [6.07, 6.45) is 5.13. The van der Waals surface area contributed by atoms with E-state index in [1.165, 1.54) is 31.2 Å². The number of unbranched alkanes of at least 4 members (excludes halogenated alkanes) is 2. The molecular weight excluding hydrogens is 182 g/mol. The Morgan fingerprint density at radius 2 is 1.67 bits per heavy atom. The second-order valence-electron chi connectivity index (χ2n) is 4.92. The molecule has 0 unspecified atom stereocenters. The van der Waals surface area contributed by atoms with Crippen LogP contribution in [0.1, 0.15) is 52.0 Å². The van der Waals surface area contributed by atoms with Crippen molar-refractivity contribution in [2.45, 2.75) is 51.9 Å². The number of hydrogen-bond donors (Lipinski definition) is 0. The van der Waals surface area contributed by atoms with Gasteiger partial charge in [-0.1, -0.05) is 52.2 Å². The van der Waals surface area contributed by atoms with Crippen LogP contribution in [0.25, 0.3) is 0 Å². The summed E-state index contributed by atoms with van der Waals surface area (Å²) >= 11 is 0. The maximum absolute atomic E-state index is 7.46. The van der Waals surface area contributed by atoms with Gasteiger partial charge in [0.15, 0.2) is 0 Å². The minimum absolute atomic E-state index is 0.253. The van der Waals surface area contributed by atoms with Gasteiger partial charge in [0.2, 0.25) is 0 Å². The second kappa shape index (κ2) is 5.20. The third-order valence-corrected chi connectivity index (χ3v) is 3.07. The van der Waals surface area contributed by atoms with Crippen molar-refractivity contribution in [3.63, 3.8) is 0 Å². The van der Waals surface area contributed by atoms with Gasteiger partial charge in [-0.15, -0.1) is 0 Å². The van der Waals surface area contributed by atoms with E-state index >= 15 is 0 Å². The molecule has 83 valence electrons. The van der Waals surface area contributed by atoms with Gasteiger partial charge in [0, 0.05) is 0 Å². The van der Waals surface area contributed by atoms with Crippen molar-refractivity contribution in [2.24, 2.45) is 0 Å². The first-order valence-corrected chi connectivity index (χ1v) is 5.88. The van der Waals surface area contributed by atoms with E-state index in [9.17, 15) is 0 Å². The largest absolute Gasteiger partial charge is 0.301 e. The molecule has 0 aromatic heterocycles. The fraction of sp³-hybridized carbons (Fsp3) is 0.571. The Morgan fingerprint density at radius 3 is 2.20 bits per heavy atom. The van der Waals surface area contributed by atoms with Crippen LogP contribution in [0.3, 0.4) is 0 Å². The van der Waals surface area contributed by atoms with Gasteiger partial charge in [-0.3, -0.25) is 0 Å². The van der Waals surface area contributed by atoms with E-state index in [4.69, 9.17) is 5.73 Å². The van der Waals surface area contributed by atoms with Crippen LogP contribution >= 0.6 is 0 Å². The Morgan fingerprint density at radius 1 is 1.07 bits per heavy atom. The Hall–Kier alpha value is -0.980. The fourth-order valence-corrected chi connectivity index (χ4v) is 1.88. The molecule has 0 aliphatic carbocycles. The van der Waals surface area contributed by atoms with E-state index in [1.807, 2.05) is 12.1 Å². The zero-order chi connectivity index (χ0) is 11.3. The summed E-state index contributed by atoms with van der Waals surface area (Å²) in [7, 11) is 0. The summed E-state index contributed by atoms with van der Waals surface area (Å²) in [5, 5.41) is 0. The van der Waals surface area contributed by atoms with Crippen LogP contribution < -0.4 is 5.73 Å². The van der Waals surface area contributed by atoms with Crippen molar-refractivity contribution in [3.8, 4) is 0 Å². The molecule has 1 aromatic carbocycles. The molecule has 0 heterocycles. The average Bonchev–Trinajstić information content (AvgIpc) is 2.18. The molecule has 0 atom stereocenters. The normalized spacial score (nSPS) is 11.7. The zero-order valence-electron chi connectivity index (χ0n) is 10.1. The zero-order valence-corrected chi connectivity index (χ0v) is 10.1. The lowest BCUT2D eigenvalue weighted by Crippen LogP contribution is -2.16. The van der Waals surface area contributed by atoms with Gasteiger partial charge < -0.3 is 5.73 Å². The summed E-state index contributed by atoms with van der Waals surface area (Å²) in [6.45, 7) is 6.82. The molecule has 1 N–H and O–H groups in total. The van der Waals surface area contributed by atoms with E-state index in [-0.39, 0.29) is 5.41 Å². The molecule has 0 amide bonds. The predicted molar refractivity (Wildman–Crippen MR) is 66.4 cm³/mol. The number of rotatable bonds is 5. The first-order valence-electron chi connectivity index (χ1n) is 5.88. The van der Waals surface area contributed by atoms with Gasteiger partial charge >= 0.3 is 0 Å². The van der Waals surface area contributed by atoms with Crippen molar-refractivity contribution in [3.05, 3.63) is 29.8 Å². The van der Waals surface area contributed by atoms with Gasteiger partial charge in [-0.2, -0.15) is 0 Å². The van der Waals surface area contributed by atoms with Gasteiger partial charge in [0.25, 0.3) is 0 Å². The number of nitrogens with one attached hydrogen (secondary N) is 1. The first kappa shape index (κ1) is 12.1. The Bertz CT molecular complexity index is 285. The van der Waals surface area contributed by atoms with Gasteiger partial charge in [-0.05, 0) is 29.5 Å². The van der Waals surface area contributed by atoms with Crippen LogP contribution in [0.4, 0.5) is 5.69 Å². The van der Waals surface area contributed by atoms with Crippen molar-refractivity contribution in [1.29, 1.82) is 0 Å². The second-order valence-corrected chi connectivity index (χ2v) is 4.92. The van der Waals surface area contributed by atoms with Crippen LogP contribution in [0.2, 0.25) is 0 Å². The highest BCUT2D eigenvalue weighted by molar-refractivity contribution is 5.38. The predicted octanol–water partition coefficient (Wildman–Crippen LogP) is 4.46. The summed E-state index contributed by atoms with van der Waals surface area (Å²) in [6, 6.07) is 7.95. The maximum atomic E-state index is 7.46. The molecule has 0 bridgehead atoms. The van der Waals surface area contributed by atoms with Crippen LogP contribution in [0.5, 0.6) is 0 Å². The molecule has 0 fully saturated rings. The lowest BCUT2D eigenvalue weighted by molar-refractivity contribution is 0.450. The molecule has 0 saturated carbocycles. The topological polar surface area (TPSA) is 23.8 Å². The molecule has 15 heavy (non-hydrogen) atoms. The average molecular weight is 204 g/mol. The van der Waals surface area contributed by atoms with E-state index < -0.39 is 0 Å². The third-order valence-electron chi connectivity index (χ3n) is 3.07. The molecule has 0 spiro atoms. The highest BCUT2D eigenvalue weighted by Gasteiger charge is 2.19. The van der Waals surface area contributed by atoms with Crippen LogP contribution in [0.15, 0.2) is 24.3 Å². The van der Waals surface area contributed by atoms with Gasteiger partial charge in [0.1, 0.15) is 0 Å². The molecule has 1 aromatic rings. The van der Waals surface area contributed by atoms with Crippen LogP contribution in [-0.4, -0.2) is 0 Å². The fourth-order valence-electron chi connectivity index (χ4n) is 1.88. The molecule has 0 aliphatic heterocycles. The molecular formula is C14H22N. The van der Waals surface area contributed by atoms with Gasteiger partial charge in [-0.25, -0.2) is 0 Å². The molecule has 0 aliphatic rings.